The molecule has 1 unspecified atom stereocenters. The first kappa shape index (κ1) is 12.5. The maximum atomic E-state index is 11.5. The Morgan fingerprint density at radius 1 is 1.62 bits per heavy atom. The highest BCUT2D eigenvalue weighted by atomic mass is 16.5. The van der Waals surface area contributed by atoms with Gasteiger partial charge in [-0.25, -0.2) is 4.79 Å². The van der Waals surface area contributed by atoms with Crippen LogP contribution in [0.25, 0.3) is 5.57 Å². The number of hydrogen-bond donors (Lipinski definition) is 1. The SMILES string of the molecule is COc1cc(/C(C)=C/C(C)O)oc(=O)c1C. The molecule has 0 fully saturated rings. The first-order valence-corrected chi connectivity index (χ1v) is 5.01. The standard InChI is InChI=1S/C12H16O4/c1-7(5-8(2)13)10-6-11(15-4)9(3)12(14)16-10/h5-6,8,13H,1-4H3/b7-5+. The number of aliphatic hydroxyl groups excluding tert-OH is 1. The zero-order chi connectivity index (χ0) is 12.3. The maximum absolute atomic E-state index is 11.5. The van der Waals surface area contributed by atoms with Crippen molar-refractivity contribution >= 4 is 5.57 Å². The van der Waals surface area contributed by atoms with Crippen molar-refractivity contribution in [1.29, 1.82) is 0 Å². The molecule has 1 rings (SSSR count). The molecule has 1 aromatic heterocycles. The van der Waals surface area contributed by atoms with Gasteiger partial charge in [0.05, 0.1) is 18.8 Å². The number of ether oxygens (including phenoxy) is 1. The van der Waals surface area contributed by atoms with Crippen molar-refractivity contribution < 1.29 is 14.3 Å². The molecule has 0 aliphatic carbocycles. The summed E-state index contributed by atoms with van der Waals surface area (Å²) in [5.41, 5.74) is 0.717. The quantitative estimate of drug-likeness (QED) is 0.849. The summed E-state index contributed by atoms with van der Waals surface area (Å²) in [7, 11) is 1.50. The lowest BCUT2D eigenvalue weighted by atomic mass is 10.1. The van der Waals surface area contributed by atoms with Gasteiger partial charge in [-0.1, -0.05) is 0 Å². The van der Waals surface area contributed by atoms with Crippen molar-refractivity contribution in [2.75, 3.05) is 7.11 Å². The Kier molecular flexibility index (Phi) is 3.90. The van der Waals surface area contributed by atoms with Crippen LogP contribution in [0.5, 0.6) is 5.75 Å². The van der Waals surface area contributed by atoms with E-state index < -0.39 is 11.7 Å². The van der Waals surface area contributed by atoms with E-state index in [9.17, 15) is 9.90 Å². The summed E-state index contributed by atoms with van der Waals surface area (Å²) in [6.07, 6.45) is 1.02. The highest BCUT2D eigenvalue weighted by Crippen LogP contribution is 2.20. The summed E-state index contributed by atoms with van der Waals surface area (Å²) in [4.78, 5) is 11.5. The third-order valence-electron chi connectivity index (χ3n) is 2.24. The number of methoxy groups -OCH3 is 1. The van der Waals surface area contributed by atoms with E-state index in [0.717, 1.165) is 0 Å². The van der Waals surface area contributed by atoms with Gasteiger partial charge in [0.1, 0.15) is 11.5 Å². The second kappa shape index (κ2) is 4.99. The van der Waals surface area contributed by atoms with Crippen molar-refractivity contribution in [3.63, 3.8) is 0 Å². The van der Waals surface area contributed by atoms with Crippen molar-refractivity contribution in [2.24, 2.45) is 0 Å². The molecule has 4 heteroatoms. The molecule has 1 atom stereocenters. The Morgan fingerprint density at radius 2 is 2.25 bits per heavy atom. The van der Waals surface area contributed by atoms with Gasteiger partial charge in [0.2, 0.25) is 0 Å². The summed E-state index contributed by atoms with van der Waals surface area (Å²) in [6, 6.07) is 1.64. The van der Waals surface area contributed by atoms with Crippen LogP contribution in [0, 0.1) is 6.92 Å². The van der Waals surface area contributed by atoms with Crippen LogP contribution in [-0.2, 0) is 0 Å². The molecule has 88 valence electrons. The third kappa shape index (κ3) is 2.73. The minimum Gasteiger partial charge on any atom is -0.496 e. The highest BCUT2D eigenvalue weighted by molar-refractivity contribution is 5.60. The van der Waals surface area contributed by atoms with Crippen LogP contribution in [-0.4, -0.2) is 18.3 Å². The Labute approximate surface area is 94.2 Å². The molecule has 0 radical (unpaired) electrons. The minimum absolute atomic E-state index is 0.411. The van der Waals surface area contributed by atoms with Crippen molar-refractivity contribution in [2.45, 2.75) is 26.9 Å². The van der Waals surface area contributed by atoms with Crippen LogP contribution >= 0.6 is 0 Å². The largest absolute Gasteiger partial charge is 0.496 e. The highest BCUT2D eigenvalue weighted by Gasteiger charge is 2.09. The molecule has 1 aromatic rings. The molecule has 0 aliphatic heterocycles. The van der Waals surface area contributed by atoms with E-state index in [-0.39, 0.29) is 0 Å². The zero-order valence-corrected chi connectivity index (χ0v) is 9.90. The fourth-order valence-corrected chi connectivity index (χ4v) is 1.38. The molecule has 0 aromatic carbocycles. The lowest BCUT2D eigenvalue weighted by Gasteiger charge is -2.06. The van der Waals surface area contributed by atoms with E-state index in [0.29, 0.717) is 22.6 Å². The summed E-state index contributed by atoms with van der Waals surface area (Å²) in [5, 5.41) is 9.21. The average molecular weight is 224 g/mol. The van der Waals surface area contributed by atoms with Crippen LogP contribution < -0.4 is 10.4 Å². The van der Waals surface area contributed by atoms with Gasteiger partial charge in [0.25, 0.3) is 0 Å². The molecular formula is C12H16O4. The zero-order valence-electron chi connectivity index (χ0n) is 9.90. The number of hydrogen-bond acceptors (Lipinski definition) is 4. The lowest BCUT2D eigenvalue weighted by Crippen LogP contribution is -2.07. The molecule has 0 saturated heterocycles. The van der Waals surface area contributed by atoms with Crippen LogP contribution in [0.1, 0.15) is 25.2 Å². The van der Waals surface area contributed by atoms with Gasteiger partial charge in [-0.3, -0.25) is 0 Å². The Bertz CT molecular complexity index is 455. The molecule has 0 amide bonds. The van der Waals surface area contributed by atoms with E-state index in [1.807, 2.05) is 0 Å². The topological polar surface area (TPSA) is 59.7 Å². The maximum Gasteiger partial charge on any atom is 0.342 e. The summed E-state index contributed by atoms with van der Waals surface area (Å²) in [5.74, 6) is 0.901. The van der Waals surface area contributed by atoms with Gasteiger partial charge < -0.3 is 14.3 Å². The van der Waals surface area contributed by atoms with Crippen LogP contribution in [0.3, 0.4) is 0 Å². The van der Waals surface area contributed by atoms with Crippen molar-refractivity contribution in [1.82, 2.24) is 0 Å². The number of aliphatic hydroxyl groups is 1. The van der Waals surface area contributed by atoms with Gasteiger partial charge >= 0.3 is 5.63 Å². The first-order chi connectivity index (χ1) is 7.45. The predicted octanol–water partition coefficient (Wildman–Crippen LogP) is 1.74. The smallest absolute Gasteiger partial charge is 0.342 e. The van der Waals surface area contributed by atoms with E-state index in [1.165, 1.54) is 7.11 Å². The minimum atomic E-state index is -0.586. The molecule has 0 spiro atoms. The second-order valence-electron chi connectivity index (χ2n) is 3.68. The fraction of sp³-hybridized carbons (Fsp3) is 0.417. The number of allylic oxidation sites excluding steroid dienone is 1. The summed E-state index contributed by atoms with van der Waals surface area (Å²) >= 11 is 0. The molecule has 0 bridgehead atoms. The molecule has 0 aliphatic rings. The molecule has 0 saturated carbocycles. The Balaban J connectivity index is 3.27. The Morgan fingerprint density at radius 3 is 2.75 bits per heavy atom. The van der Waals surface area contributed by atoms with E-state index in [1.54, 1.807) is 32.9 Å². The third-order valence-corrected chi connectivity index (χ3v) is 2.24. The molecule has 1 heterocycles. The van der Waals surface area contributed by atoms with E-state index in [4.69, 9.17) is 9.15 Å². The van der Waals surface area contributed by atoms with Crippen LogP contribution in [0.15, 0.2) is 21.4 Å². The lowest BCUT2D eigenvalue weighted by molar-refractivity contribution is 0.244. The molecular weight excluding hydrogens is 208 g/mol. The normalized spacial score (nSPS) is 13.7. The van der Waals surface area contributed by atoms with Crippen molar-refractivity contribution in [3.8, 4) is 5.75 Å². The fourth-order valence-electron chi connectivity index (χ4n) is 1.38. The average Bonchev–Trinajstić information content (AvgIpc) is 2.20. The molecule has 1 N–H and O–H groups in total. The van der Waals surface area contributed by atoms with Crippen molar-refractivity contribution in [3.05, 3.63) is 33.9 Å². The summed E-state index contributed by atoms with van der Waals surface area (Å²) < 4.78 is 10.2. The van der Waals surface area contributed by atoms with Crippen LogP contribution in [0.4, 0.5) is 0 Å². The summed E-state index contributed by atoms with van der Waals surface area (Å²) in [6.45, 7) is 5.04. The van der Waals surface area contributed by atoms with Gasteiger partial charge in [0.15, 0.2) is 0 Å². The molecule has 16 heavy (non-hydrogen) atoms. The van der Waals surface area contributed by atoms with Crippen LogP contribution in [0.2, 0.25) is 0 Å². The predicted molar refractivity (Wildman–Crippen MR) is 61.6 cm³/mol. The first-order valence-electron chi connectivity index (χ1n) is 5.01. The monoisotopic (exact) mass is 224 g/mol. The van der Waals surface area contributed by atoms with E-state index in [2.05, 4.69) is 0 Å². The van der Waals surface area contributed by atoms with Gasteiger partial charge in [-0.2, -0.15) is 0 Å². The van der Waals surface area contributed by atoms with Gasteiger partial charge in [-0.15, -0.1) is 0 Å². The van der Waals surface area contributed by atoms with Gasteiger partial charge in [0, 0.05) is 6.07 Å². The second-order valence-corrected chi connectivity index (χ2v) is 3.68. The number of rotatable bonds is 3. The van der Waals surface area contributed by atoms with Gasteiger partial charge in [-0.05, 0) is 32.4 Å². The van der Waals surface area contributed by atoms with E-state index >= 15 is 0 Å². The Hall–Kier alpha value is -1.55. The molecule has 4 nitrogen and oxygen atoms in total.